The molecular weight excluding hydrogens is 382 g/mol. The Labute approximate surface area is 163 Å². The van der Waals surface area contributed by atoms with Gasteiger partial charge in [0.15, 0.2) is 4.34 Å². The molecule has 7 nitrogen and oxygen atoms in total. The fourth-order valence-electron chi connectivity index (χ4n) is 2.64. The first-order chi connectivity index (χ1) is 13.2. The molecule has 3 heterocycles. The van der Waals surface area contributed by atoms with E-state index in [4.69, 9.17) is 4.52 Å². The smallest absolute Gasteiger partial charge is 0.259 e. The number of hydrogen-bond donors (Lipinski definition) is 1. The van der Waals surface area contributed by atoms with E-state index in [0.29, 0.717) is 33.2 Å². The SMILES string of the molecule is CCSc1nnc(NC(=O)c2cc(-c3ccccc3)nc3onc(C)c23)s1. The summed E-state index contributed by atoms with van der Waals surface area (Å²) in [6, 6.07) is 11.4. The van der Waals surface area contributed by atoms with Gasteiger partial charge in [-0.25, -0.2) is 4.98 Å². The van der Waals surface area contributed by atoms with Crippen molar-refractivity contribution < 1.29 is 9.32 Å². The van der Waals surface area contributed by atoms with Gasteiger partial charge < -0.3 is 4.52 Å². The van der Waals surface area contributed by atoms with Crippen molar-refractivity contribution in [2.24, 2.45) is 0 Å². The predicted molar refractivity (Wildman–Crippen MR) is 106 cm³/mol. The molecule has 0 aliphatic heterocycles. The monoisotopic (exact) mass is 397 g/mol. The second-order valence-electron chi connectivity index (χ2n) is 5.63. The zero-order valence-corrected chi connectivity index (χ0v) is 16.2. The highest BCUT2D eigenvalue weighted by atomic mass is 32.2. The minimum atomic E-state index is -0.296. The standard InChI is InChI=1S/C18H15N5O2S2/c1-3-26-18-22-21-17(27-18)20-15(24)12-9-13(11-7-5-4-6-8-11)19-16-14(12)10(2)23-25-16/h4-9H,3H2,1-2H3,(H,20,21,24). The number of carbonyl (C=O) groups is 1. The fourth-order valence-corrected chi connectivity index (χ4v) is 4.28. The highest BCUT2D eigenvalue weighted by Crippen LogP contribution is 2.29. The van der Waals surface area contributed by atoms with Crippen molar-refractivity contribution in [3.8, 4) is 11.3 Å². The largest absolute Gasteiger partial charge is 0.335 e. The Morgan fingerprint density at radius 3 is 2.85 bits per heavy atom. The van der Waals surface area contributed by atoms with E-state index in [2.05, 4.69) is 25.7 Å². The minimum Gasteiger partial charge on any atom is -0.335 e. The maximum Gasteiger partial charge on any atom is 0.259 e. The molecule has 27 heavy (non-hydrogen) atoms. The lowest BCUT2D eigenvalue weighted by molar-refractivity contribution is 0.102. The molecule has 0 atom stereocenters. The number of nitrogens with zero attached hydrogens (tertiary/aromatic N) is 4. The lowest BCUT2D eigenvalue weighted by atomic mass is 10.1. The van der Waals surface area contributed by atoms with Gasteiger partial charge in [-0.1, -0.05) is 65.5 Å². The van der Waals surface area contributed by atoms with E-state index in [0.717, 1.165) is 15.7 Å². The molecule has 4 aromatic rings. The van der Waals surface area contributed by atoms with Gasteiger partial charge >= 0.3 is 0 Å². The topological polar surface area (TPSA) is 93.8 Å². The van der Waals surface area contributed by atoms with Gasteiger partial charge in [0.05, 0.1) is 22.3 Å². The van der Waals surface area contributed by atoms with Gasteiger partial charge in [-0.15, -0.1) is 10.2 Å². The van der Waals surface area contributed by atoms with Gasteiger partial charge in [0.1, 0.15) is 0 Å². The number of amides is 1. The number of thioether (sulfide) groups is 1. The Morgan fingerprint density at radius 2 is 2.07 bits per heavy atom. The number of aryl methyl sites for hydroxylation is 1. The highest BCUT2D eigenvalue weighted by Gasteiger charge is 2.20. The summed E-state index contributed by atoms with van der Waals surface area (Å²) in [6.07, 6.45) is 0. The quantitative estimate of drug-likeness (QED) is 0.394. The summed E-state index contributed by atoms with van der Waals surface area (Å²) in [5.41, 5.74) is 2.92. The van der Waals surface area contributed by atoms with Crippen LogP contribution < -0.4 is 5.32 Å². The van der Waals surface area contributed by atoms with Crippen LogP contribution in [0.15, 0.2) is 45.3 Å². The molecule has 1 amide bonds. The lowest BCUT2D eigenvalue weighted by Gasteiger charge is -2.06. The van der Waals surface area contributed by atoms with Crippen molar-refractivity contribution in [2.75, 3.05) is 11.1 Å². The van der Waals surface area contributed by atoms with Crippen LogP contribution in [0.5, 0.6) is 0 Å². The molecular formula is C18H15N5O2S2. The molecule has 0 saturated carbocycles. The third kappa shape index (κ3) is 3.56. The lowest BCUT2D eigenvalue weighted by Crippen LogP contribution is -2.13. The maximum absolute atomic E-state index is 13.0. The van der Waals surface area contributed by atoms with Crippen LogP contribution in [0.1, 0.15) is 23.0 Å². The van der Waals surface area contributed by atoms with E-state index in [-0.39, 0.29) is 5.91 Å². The first kappa shape index (κ1) is 17.6. The Balaban J connectivity index is 1.74. The number of fused-ring (bicyclic) bond motifs is 1. The molecule has 0 spiro atoms. The fraction of sp³-hybridized carbons (Fsp3) is 0.167. The van der Waals surface area contributed by atoms with Crippen molar-refractivity contribution in [1.82, 2.24) is 20.3 Å². The van der Waals surface area contributed by atoms with Crippen LogP contribution in [-0.2, 0) is 0 Å². The molecule has 0 saturated heterocycles. The molecule has 0 radical (unpaired) electrons. The average molecular weight is 397 g/mol. The number of pyridine rings is 1. The van der Waals surface area contributed by atoms with E-state index in [9.17, 15) is 4.79 Å². The molecule has 136 valence electrons. The summed E-state index contributed by atoms with van der Waals surface area (Å²) in [6.45, 7) is 3.82. The third-order valence-electron chi connectivity index (χ3n) is 3.83. The van der Waals surface area contributed by atoms with E-state index < -0.39 is 0 Å². The van der Waals surface area contributed by atoms with Crippen molar-refractivity contribution in [3.63, 3.8) is 0 Å². The number of carbonyl (C=O) groups excluding carboxylic acids is 1. The van der Waals surface area contributed by atoms with Crippen LogP contribution in [0, 0.1) is 6.92 Å². The Morgan fingerprint density at radius 1 is 1.26 bits per heavy atom. The third-order valence-corrected chi connectivity index (χ3v) is 5.68. The number of nitrogens with one attached hydrogen (secondary N) is 1. The number of aromatic nitrogens is 4. The normalized spacial score (nSPS) is 11.0. The molecule has 9 heteroatoms. The molecule has 0 unspecified atom stereocenters. The van der Waals surface area contributed by atoms with E-state index in [1.807, 2.05) is 37.3 Å². The Bertz CT molecular complexity index is 1110. The summed E-state index contributed by atoms with van der Waals surface area (Å²) in [5.74, 6) is 0.600. The highest BCUT2D eigenvalue weighted by molar-refractivity contribution is 8.01. The van der Waals surface area contributed by atoms with Crippen LogP contribution >= 0.6 is 23.1 Å². The Hall–Kier alpha value is -2.78. The summed E-state index contributed by atoms with van der Waals surface area (Å²) in [7, 11) is 0. The predicted octanol–water partition coefficient (Wildman–Crippen LogP) is 4.41. The maximum atomic E-state index is 13.0. The van der Waals surface area contributed by atoms with Gasteiger partial charge in [-0.05, 0) is 18.7 Å². The molecule has 3 aromatic heterocycles. The molecule has 0 fully saturated rings. The summed E-state index contributed by atoms with van der Waals surface area (Å²) in [4.78, 5) is 17.5. The molecule has 1 aromatic carbocycles. The van der Waals surface area contributed by atoms with Crippen molar-refractivity contribution >= 4 is 45.2 Å². The zero-order chi connectivity index (χ0) is 18.8. The molecule has 4 rings (SSSR count). The summed E-state index contributed by atoms with van der Waals surface area (Å²) in [5, 5.41) is 15.9. The van der Waals surface area contributed by atoms with E-state index >= 15 is 0 Å². The van der Waals surface area contributed by atoms with Gasteiger partial charge in [-0.3, -0.25) is 10.1 Å². The first-order valence-electron chi connectivity index (χ1n) is 8.26. The van der Waals surface area contributed by atoms with Crippen molar-refractivity contribution in [3.05, 3.63) is 47.7 Å². The molecule has 0 aliphatic rings. The van der Waals surface area contributed by atoms with E-state index in [1.54, 1.807) is 24.8 Å². The number of hydrogen-bond acceptors (Lipinski definition) is 8. The van der Waals surface area contributed by atoms with Crippen LogP contribution in [0.3, 0.4) is 0 Å². The van der Waals surface area contributed by atoms with Crippen LogP contribution in [-0.4, -0.2) is 32.0 Å². The van der Waals surface area contributed by atoms with Gasteiger partial charge in [0, 0.05) is 5.56 Å². The summed E-state index contributed by atoms with van der Waals surface area (Å²) < 4.78 is 6.14. The van der Waals surface area contributed by atoms with E-state index in [1.165, 1.54) is 11.3 Å². The number of benzene rings is 1. The van der Waals surface area contributed by atoms with Crippen molar-refractivity contribution in [1.29, 1.82) is 0 Å². The van der Waals surface area contributed by atoms with Gasteiger partial charge in [0.25, 0.3) is 11.6 Å². The van der Waals surface area contributed by atoms with Crippen LogP contribution in [0.4, 0.5) is 5.13 Å². The zero-order valence-electron chi connectivity index (χ0n) is 14.6. The number of rotatable bonds is 5. The molecule has 0 aliphatic carbocycles. The van der Waals surface area contributed by atoms with Crippen LogP contribution in [0.25, 0.3) is 22.4 Å². The minimum absolute atomic E-state index is 0.296. The van der Waals surface area contributed by atoms with Crippen molar-refractivity contribution in [2.45, 2.75) is 18.2 Å². The van der Waals surface area contributed by atoms with Crippen LogP contribution in [0.2, 0.25) is 0 Å². The molecule has 0 bridgehead atoms. The second-order valence-corrected chi connectivity index (χ2v) is 8.12. The van der Waals surface area contributed by atoms with Gasteiger partial charge in [-0.2, -0.15) is 0 Å². The number of anilines is 1. The van der Waals surface area contributed by atoms with Gasteiger partial charge in [0.2, 0.25) is 5.13 Å². The summed E-state index contributed by atoms with van der Waals surface area (Å²) >= 11 is 2.93. The molecule has 1 N–H and O–H groups in total. The second kappa shape index (κ2) is 7.45. The average Bonchev–Trinajstić information content (AvgIpc) is 3.28. The Kier molecular flexibility index (Phi) is 4.87. The first-order valence-corrected chi connectivity index (χ1v) is 10.1.